The molecule has 0 spiro atoms. The third-order valence-electron chi connectivity index (χ3n) is 6.99. The van der Waals surface area contributed by atoms with E-state index in [4.69, 9.17) is 22.6 Å². The summed E-state index contributed by atoms with van der Waals surface area (Å²) in [7, 11) is 2.06. The van der Waals surface area contributed by atoms with Gasteiger partial charge in [0.15, 0.2) is 0 Å². The van der Waals surface area contributed by atoms with Crippen molar-refractivity contribution in [2.45, 2.75) is 31.1 Å². The molecular formula is C33H27N3PtS. The average Bonchev–Trinajstić information content (AvgIpc) is 3.24. The number of hydrogen-bond acceptors (Lipinski definition) is 3. The van der Waals surface area contributed by atoms with Crippen LogP contribution in [0, 0.1) is 6.07 Å². The molecule has 38 heavy (non-hydrogen) atoms. The van der Waals surface area contributed by atoms with Gasteiger partial charge in [-0.25, -0.2) is 0 Å². The fraction of sp³-hybridized carbons (Fsp3) is 0.152. The number of nitrogens with zero attached hydrogens (tertiary/aromatic N) is 3. The molecule has 0 atom stereocenters. The molecule has 0 saturated carbocycles. The van der Waals surface area contributed by atoms with Gasteiger partial charge < -0.3 is 17.2 Å². The number of aryl methyl sites for hydroxylation is 1. The van der Waals surface area contributed by atoms with Crippen molar-refractivity contribution < 1.29 is 21.1 Å². The van der Waals surface area contributed by atoms with Gasteiger partial charge >= 0.3 is 21.1 Å². The van der Waals surface area contributed by atoms with Gasteiger partial charge in [0.05, 0.1) is 16.9 Å². The largest absolute Gasteiger partial charge is 2.00 e. The van der Waals surface area contributed by atoms with E-state index in [0.29, 0.717) is 0 Å². The van der Waals surface area contributed by atoms with E-state index in [9.17, 15) is 0 Å². The van der Waals surface area contributed by atoms with E-state index in [1.165, 1.54) is 5.56 Å². The van der Waals surface area contributed by atoms with E-state index in [1.54, 1.807) is 0 Å². The standard InChI is InChI=1S/C33H28N3S.Pt/c1-33(2,3)24-19-22-12-9-17-34-30(22)27(20-24)21-10-7-11-23(18-21)32-35-31-26(14-8-15-28(31)36(32)4)25-13-5-6-16-29(25)37;/h5-17,19-20,37H,1-4H3;/q-1;+2/p-1. The number of pyridine rings is 1. The topological polar surface area (TPSA) is 30.7 Å². The first kappa shape index (κ1) is 26.3. The van der Waals surface area contributed by atoms with Gasteiger partial charge in [-0.1, -0.05) is 86.5 Å². The summed E-state index contributed by atoms with van der Waals surface area (Å²) < 4.78 is 2.14. The van der Waals surface area contributed by atoms with E-state index in [-0.39, 0.29) is 26.5 Å². The Hall–Kier alpha value is -3.33. The summed E-state index contributed by atoms with van der Waals surface area (Å²) in [5.74, 6) is 0.871. The molecule has 2 aromatic heterocycles. The molecule has 0 fully saturated rings. The second kappa shape index (κ2) is 10.1. The van der Waals surface area contributed by atoms with Crippen LogP contribution in [0.5, 0.6) is 0 Å². The Morgan fingerprint density at radius 1 is 0.763 bits per heavy atom. The van der Waals surface area contributed by atoms with E-state index in [1.807, 2.05) is 30.5 Å². The van der Waals surface area contributed by atoms with Gasteiger partial charge in [0.2, 0.25) is 0 Å². The van der Waals surface area contributed by atoms with Crippen molar-refractivity contribution in [3.8, 4) is 33.6 Å². The van der Waals surface area contributed by atoms with Gasteiger partial charge in [-0.2, -0.15) is 4.90 Å². The van der Waals surface area contributed by atoms with Crippen molar-refractivity contribution in [1.29, 1.82) is 0 Å². The summed E-state index contributed by atoms with van der Waals surface area (Å²) in [6.45, 7) is 6.73. The monoisotopic (exact) mass is 692 g/mol. The summed E-state index contributed by atoms with van der Waals surface area (Å²) in [6, 6.07) is 32.9. The molecule has 0 unspecified atom stereocenters. The van der Waals surface area contributed by atoms with Crippen LogP contribution < -0.4 is 0 Å². The van der Waals surface area contributed by atoms with E-state index >= 15 is 0 Å². The minimum absolute atomic E-state index is 0. The van der Waals surface area contributed by atoms with Crippen LogP contribution in [0.25, 0.3) is 55.6 Å². The zero-order valence-corrected chi connectivity index (χ0v) is 24.8. The molecule has 0 amide bonds. The fourth-order valence-corrected chi connectivity index (χ4v) is 5.21. The zero-order chi connectivity index (χ0) is 25.7. The summed E-state index contributed by atoms with van der Waals surface area (Å²) >= 11 is 5.63. The Balaban J connectivity index is 0.00000294. The third kappa shape index (κ3) is 4.57. The van der Waals surface area contributed by atoms with Crippen LogP contribution in [0.2, 0.25) is 0 Å². The Morgan fingerprint density at radius 2 is 1.50 bits per heavy atom. The molecule has 6 aromatic rings. The number of rotatable bonds is 3. The molecule has 0 N–H and O–H groups in total. The van der Waals surface area contributed by atoms with Gasteiger partial charge in [0.25, 0.3) is 0 Å². The van der Waals surface area contributed by atoms with Crippen molar-refractivity contribution in [2.24, 2.45) is 7.05 Å². The van der Waals surface area contributed by atoms with Crippen molar-refractivity contribution in [2.75, 3.05) is 0 Å². The van der Waals surface area contributed by atoms with Crippen LogP contribution in [0.15, 0.2) is 96.0 Å². The van der Waals surface area contributed by atoms with Gasteiger partial charge in [-0.3, -0.25) is 9.97 Å². The van der Waals surface area contributed by atoms with Crippen LogP contribution in [-0.2, 0) is 46.2 Å². The number of para-hydroxylation sites is 1. The molecule has 5 heteroatoms. The van der Waals surface area contributed by atoms with Gasteiger partial charge in [-0.05, 0) is 34.1 Å². The quantitative estimate of drug-likeness (QED) is 0.139. The summed E-state index contributed by atoms with van der Waals surface area (Å²) in [5, 5.41) is 1.14. The van der Waals surface area contributed by atoms with Crippen LogP contribution in [0.3, 0.4) is 0 Å². The first-order valence-corrected chi connectivity index (χ1v) is 12.9. The molecular weight excluding hydrogens is 666 g/mol. The maximum atomic E-state index is 5.63. The predicted octanol–water partition coefficient (Wildman–Crippen LogP) is 8.12. The number of benzene rings is 4. The summed E-state index contributed by atoms with van der Waals surface area (Å²) in [5.41, 5.74) is 9.40. The molecule has 0 aliphatic carbocycles. The van der Waals surface area contributed by atoms with Gasteiger partial charge in [0, 0.05) is 24.3 Å². The van der Waals surface area contributed by atoms with Crippen molar-refractivity contribution in [1.82, 2.24) is 14.5 Å². The number of imidazole rings is 1. The Bertz CT molecular complexity index is 1800. The Labute approximate surface area is 243 Å². The van der Waals surface area contributed by atoms with Crippen LogP contribution in [0.1, 0.15) is 26.3 Å². The molecule has 4 aromatic carbocycles. The summed E-state index contributed by atoms with van der Waals surface area (Å²) in [6.07, 6.45) is 1.86. The maximum absolute atomic E-state index is 5.63. The average molecular weight is 693 g/mol. The fourth-order valence-electron chi connectivity index (χ4n) is 4.95. The first-order valence-electron chi connectivity index (χ1n) is 12.5. The molecule has 2 heterocycles. The van der Waals surface area contributed by atoms with E-state index in [2.05, 4.69) is 99.1 Å². The molecule has 190 valence electrons. The second-order valence-electron chi connectivity index (χ2n) is 10.5. The first-order chi connectivity index (χ1) is 17.8. The number of hydrogen-bond donors (Lipinski definition) is 0. The third-order valence-corrected chi connectivity index (χ3v) is 7.34. The molecule has 3 nitrogen and oxygen atoms in total. The predicted molar refractivity (Wildman–Crippen MR) is 155 cm³/mol. The van der Waals surface area contributed by atoms with Crippen LogP contribution in [-0.4, -0.2) is 14.5 Å². The van der Waals surface area contributed by atoms with Gasteiger partial charge in [0.1, 0.15) is 0 Å². The number of fused-ring (bicyclic) bond motifs is 2. The molecule has 0 aliphatic heterocycles. The molecule has 0 radical (unpaired) electrons. The molecule has 0 aliphatic rings. The zero-order valence-electron chi connectivity index (χ0n) is 21.7. The molecule has 0 bridgehead atoms. The second-order valence-corrected chi connectivity index (χ2v) is 10.9. The minimum Gasteiger partial charge on any atom is -0.779 e. The normalized spacial score (nSPS) is 11.6. The minimum atomic E-state index is 0. The maximum Gasteiger partial charge on any atom is 2.00 e. The van der Waals surface area contributed by atoms with Crippen molar-refractivity contribution in [3.05, 3.63) is 103 Å². The summed E-state index contributed by atoms with van der Waals surface area (Å²) in [4.78, 5) is 10.7. The van der Waals surface area contributed by atoms with E-state index < -0.39 is 0 Å². The van der Waals surface area contributed by atoms with Crippen LogP contribution in [0.4, 0.5) is 0 Å². The van der Waals surface area contributed by atoms with Crippen molar-refractivity contribution in [3.63, 3.8) is 0 Å². The molecule has 0 saturated heterocycles. The Morgan fingerprint density at radius 3 is 2.29 bits per heavy atom. The Kier molecular flexibility index (Phi) is 6.98. The van der Waals surface area contributed by atoms with Crippen molar-refractivity contribution >= 4 is 34.6 Å². The SMILES string of the molecule is Cn1c(-c2[c-]c(-c3cc(C(C)(C)C)cc4cccnc34)ccc2)nc2c(-c3ccccc3[S-])cccc21.[Pt+2]. The smallest absolute Gasteiger partial charge is 0.779 e. The number of aromatic nitrogens is 3. The molecule has 6 rings (SSSR count). The van der Waals surface area contributed by atoms with Crippen LogP contribution >= 0.6 is 0 Å². The van der Waals surface area contributed by atoms with Gasteiger partial charge in [-0.15, -0.1) is 29.8 Å². The van der Waals surface area contributed by atoms with E-state index in [0.717, 1.165) is 60.5 Å².